The van der Waals surface area contributed by atoms with Gasteiger partial charge in [-0.25, -0.2) is 16.8 Å². The highest BCUT2D eigenvalue weighted by molar-refractivity contribution is 8.04. The van der Waals surface area contributed by atoms with E-state index in [-0.39, 0.29) is 24.0 Å². The maximum absolute atomic E-state index is 12.3. The van der Waals surface area contributed by atoms with E-state index in [0.717, 1.165) is 12.8 Å². The third-order valence-electron chi connectivity index (χ3n) is 3.24. The fourth-order valence-corrected chi connectivity index (χ4v) is 5.14. The molecule has 9 nitrogen and oxygen atoms in total. The van der Waals surface area contributed by atoms with Gasteiger partial charge in [0.1, 0.15) is 4.90 Å². The number of methoxy groups -OCH3 is 1. The molecule has 1 aliphatic rings. The van der Waals surface area contributed by atoms with Crippen molar-refractivity contribution in [1.29, 1.82) is 0 Å². The summed E-state index contributed by atoms with van der Waals surface area (Å²) in [6.45, 7) is 0.468. The van der Waals surface area contributed by atoms with Crippen LogP contribution in [0.3, 0.4) is 0 Å². The third kappa shape index (κ3) is 5.24. The van der Waals surface area contributed by atoms with Gasteiger partial charge in [-0.1, -0.05) is 0 Å². The van der Waals surface area contributed by atoms with Crippen LogP contribution in [0.15, 0.2) is 11.1 Å². The van der Waals surface area contributed by atoms with Gasteiger partial charge in [0, 0.05) is 26.3 Å². The molecule has 0 saturated heterocycles. The summed E-state index contributed by atoms with van der Waals surface area (Å²) in [6, 6.07) is 0. The standard InChI is InChI=1S/C12H21N3O6S2/c1-15-9-11(12(13-15)10-3-4-10)23(18,19)14-22(16,17)8-7-21-6-5-20-2/h9-10,14H,3-8H2,1-2H3. The van der Waals surface area contributed by atoms with Crippen molar-refractivity contribution >= 4 is 20.0 Å². The minimum atomic E-state index is -4.18. The number of hydrogen-bond acceptors (Lipinski definition) is 7. The summed E-state index contributed by atoms with van der Waals surface area (Å²) in [5.41, 5.74) is 0.423. The van der Waals surface area contributed by atoms with Gasteiger partial charge in [-0.2, -0.15) is 5.10 Å². The number of rotatable bonds is 10. The second kappa shape index (κ2) is 7.26. The van der Waals surface area contributed by atoms with Gasteiger partial charge < -0.3 is 9.47 Å². The van der Waals surface area contributed by atoms with Gasteiger partial charge in [0.25, 0.3) is 10.0 Å². The van der Waals surface area contributed by atoms with Gasteiger partial charge in [0.05, 0.1) is 31.3 Å². The molecule has 11 heteroatoms. The summed E-state index contributed by atoms with van der Waals surface area (Å²) < 4.78 is 61.5. The molecule has 2 rings (SSSR count). The summed E-state index contributed by atoms with van der Waals surface area (Å²) >= 11 is 0. The number of nitrogens with one attached hydrogen (secondary N) is 1. The van der Waals surface area contributed by atoms with E-state index in [2.05, 4.69) is 5.10 Å². The lowest BCUT2D eigenvalue weighted by Gasteiger charge is -2.08. The zero-order valence-corrected chi connectivity index (χ0v) is 14.7. The average molecular weight is 367 g/mol. The number of aromatic nitrogens is 2. The normalized spacial score (nSPS) is 15.9. The van der Waals surface area contributed by atoms with Crippen LogP contribution in [0.4, 0.5) is 0 Å². The first kappa shape index (κ1) is 18.3. The highest BCUT2D eigenvalue weighted by Gasteiger charge is 2.35. The van der Waals surface area contributed by atoms with Crippen LogP contribution in [0.2, 0.25) is 0 Å². The lowest BCUT2D eigenvalue weighted by atomic mass is 10.3. The van der Waals surface area contributed by atoms with Crippen molar-refractivity contribution in [3.8, 4) is 0 Å². The van der Waals surface area contributed by atoms with Crippen molar-refractivity contribution in [2.45, 2.75) is 23.7 Å². The molecule has 132 valence electrons. The highest BCUT2D eigenvalue weighted by atomic mass is 32.3. The lowest BCUT2D eigenvalue weighted by molar-refractivity contribution is 0.0785. The van der Waals surface area contributed by atoms with E-state index < -0.39 is 25.8 Å². The van der Waals surface area contributed by atoms with Gasteiger partial charge in [-0.05, 0) is 12.8 Å². The molecule has 1 aromatic rings. The van der Waals surface area contributed by atoms with Crippen LogP contribution in [0, 0.1) is 0 Å². The van der Waals surface area contributed by atoms with Crippen LogP contribution in [-0.4, -0.2) is 59.3 Å². The Morgan fingerprint density at radius 1 is 1.26 bits per heavy atom. The van der Waals surface area contributed by atoms with Crippen LogP contribution in [0.1, 0.15) is 24.5 Å². The Balaban J connectivity index is 2.02. The second-order valence-corrected chi connectivity index (χ2v) is 9.09. The third-order valence-corrected chi connectivity index (χ3v) is 6.73. The molecule has 1 N–H and O–H groups in total. The SMILES string of the molecule is COCCOCCS(=O)(=O)NS(=O)(=O)c1cn(C)nc1C1CC1. The summed E-state index contributed by atoms with van der Waals surface area (Å²) in [5.74, 6) is -0.363. The highest BCUT2D eigenvalue weighted by Crippen LogP contribution is 2.41. The van der Waals surface area contributed by atoms with Crippen molar-refractivity contribution in [2.24, 2.45) is 7.05 Å². The van der Waals surface area contributed by atoms with Gasteiger partial charge in [0.2, 0.25) is 10.0 Å². The van der Waals surface area contributed by atoms with Crippen molar-refractivity contribution in [3.63, 3.8) is 0 Å². The Morgan fingerprint density at radius 2 is 1.96 bits per heavy atom. The minimum Gasteiger partial charge on any atom is -0.382 e. The van der Waals surface area contributed by atoms with Crippen molar-refractivity contribution < 1.29 is 26.3 Å². The maximum atomic E-state index is 12.3. The Labute approximate surface area is 136 Å². The molecule has 0 unspecified atom stereocenters. The number of ether oxygens (including phenoxy) is 2. The van der Waals surface area contributed by atoms with E-state index in [1.54, 1.807) is 11.2 Å². The van der Waals surface area contributed by atoms with Gasteiger partial charge in [0.15, 0.2) is 0 Å². The van der Waals surface area contributed by atoms with E-state index >= 15 is 0 Å². The predicted octanol–water partition coefficient (Wildman–Crippen LogP) is -0.431. The molecular formula is C12H21N3O6S2. The second-order valence-electron chi connectivity index (χ2n) is 5.34. The number of hydrogen-bond donors (Lipinski definition) is 1. The molecule has 0 radical (unpaired) electrons. The monoisotopic (exact) mass is 367 g/mol. The van der Waals surface area contributed by atoms with E-state index in [0.29, 0.717) is 12.3 Å². The first-order chi connectivity index (χ1) is 10.7. The predicted molar refractivity (Wildman–Crippen MR) is 82.0 cm³/mol. The van der Waals surface area contributed by atoms with Crippen LogP contribution in [0.5, 0.6) is 0 Å². The topological polar surface area (TPSA) is 117 Å². The van der Waals surface area contributed by atoms with Crippen molar-refractivity contribution in [1.82, 2.24) is 13.9 Å². The van der Waals surface area contributed by atoms with Crippen LogP contribution < -0.4 is 4.13 Å². The Kier molecular flexibility index (Phi) is 5.79. The summed E-state index contributed by atoms with van der Waals surface area (Å²) in [6.07, 6.45) is 3.04. The molecule has 0 atom stereocenters. The Hall–Kier alpha value is -1.01. The fraction of sp³-hybridized carbons (Fsp3) is 0.750. The zero-order chi connectivity index (χ0) is 17.1. The molecule has 23 heavy (non-hydrogen) atoms. The molecule has 1 fully saturated rings. The fourth-order valence-electron chi connectivity index (χ4n) is 2.00. The van der Waals surface area contributed by atoms with Crippen LogP contribution >= 0.6 is 0 Å². The smallest absolute Gasteiger partial charge is 0.256 e. The molecule has 0 spiro atoms. The number of aryl methyl sites for hydroxylation is 1. The summed E-state index contributed by atoms with van der Waals surface area (Å²) in [4.78, 5) is -0.0774. The quantitative estimate of drug-likeness (QED) is 0.558. The average Bonchev–Trinajstić information content (AvgIpc) is 3.19. The van der Waals surface area contributed by atoms with E-state index in [9.17, 15) is 16.8 Å². The van der Waals surface area contributed by atoms with Crippen LogP contribution in [-0.2, 0) is 36.6 Å². The molecule has 1 saturated carbocycles. The Morgan fingerprint density at radius 3 is 2.57 bits per heavy atom. The number of sulfonamides is 2. The molecule has 1 aromatic heterocycles. The van der Waals surface area contributed by atoms with E-state index in [4.69, 9.17) is 9.47 Å². The molecule has 0 aliphatic heterocycles. The molecule has 0 bridgehead atoms. The first-order valence-electron chi connectivity index (χ1n) is 7.11. The van der Waals surface area contributed by atoms with Gasteiger partial charge in [-0.15, -0.1) is 4.13 Å². The molecule has 1 heterocycles. The van der Waals surface area contributed by atoms with Gasteiger partial charge >= 0.3 is 0 Å². The van der Waals surface area contributed by atoms with E-state index in [1.165, 1.54) is 18.0 Å². The maximum Gasteiger partial charge on any atom is 0.256 e. The lowest BCUT2D eigenvalue weighted by Crippen LogP contribution is -2.34. The minimum absolute atomic E-state index is 0.0774. The van der Waals surface area contributed by atoms with Crippen molar-refractivity contribution in [2.75, 3.05) is 32.7 Å². The van der Waals surface area contributed by atoms with Gasteiger partial charge in [-0.3, -0.25) is 4.68 Å². The summed E-state index contributed by atoms with van der Waals surface area (Å²) in [5, 5.41) is 4.13. The van der Waals surface area contributed by atoms with Crippen molar-refractivity contribution in [3.05, 3.63) is 11.9 Å². The first-order valence-corrected chi connectivity index (χ1v) is 10.3. The van der Waals surface area contributed by atoms with E-state index in [1.807, 2.05) is 0 Å². The largest absolute Gasteiger partial charge is 0.382 e. The molecule has 0 amide bonds. The summed E-state index contributed by atoms with van der Waals surface area (Å²) in [7, 11) is -5.11. The number of nitrogens with zero attached hydrogens (tertiary/aromatic N) is 2. The zero-order valence-electron chi connectivity index (χ0n) is 13.1. The molecule has 0 aromatic carbocycles. The molecule has 1 aliphatic carbocycles. The molecular weight excluding hydrogens is 346 g/mol. The van der Waals surface area contributed by atoms with Crippen LogP contribution in [0.25, 0.3) is 0 Å². The Bertz CT molecular complexity index is 737.